The van der Waals surface area contributed by atoms with Gasteiger partial charge in [-0.1, -0.05) is 65.7 Å². The van der Waals surface area contributed by atoms with Gasteiger partial charge in [-0.05, 0) is 80.8 Å². The first-order valence-corrected chi connectivity index (χ1v) is 14.9. The van der Waals surface area contributed by atoms with Crippen LogP contribution in [0, 0.1) is 0 Å². The molecule has 2 heterocycles. The number of hydrogen-bond acceptors (Lipinski definition) is 5. The third-order valence-corrected chi connectivity index (χ3v) is 7.64. The van der Waals surface area contributed by atoms with Gasteiger partial charge < -0.3 is 14.8 Å². The highest BCUT2D eigenvalue weighted by Crippen LogP contribution is 2.36. The van der Waals surface area contributed by atoms with E-state index >= 15 is 0 Å². The monoisotopic (exact) mass is 632 g/mol. The second kappa shape index (κ2) is 12.8. The van der Waals surface area contributed by atoms with Gasteiger partial charge in [0, 0.05) is 10.6 Å². The number of carbonyl (C=O) groups excluding carboxylic acids is 2. The molecule has 0 radical (unpaired) electrons. The van der Waals surface area contributed by atoms with Crippen LogP contribution in [0.5, 0.6) is 5.75 Å². The minimum atomic E-state index is -0.705. The number of halogens is 2. The molecule has 1 N–H and O–H groups in total. The van der Waals surface area contributed by atoms with Crippen molar-refractivity contribution in [1.82, 2.24) is 20.0 Å². The third kappa shape index (κ3) is 6.93. The van der Waals surface area contributed by atoms with E-state index < -0.39 is 11.7 Å². The maximum absolute atomic E-state index is 13.9. The van der Waals surface area contributed by atoms with Crippen molar-refractivity contribution in [3.8, 4) is 11.4 Å². The van der Waals surface area contributed by atoms with E-state index in [9.17, 15) is 9.59 Å². The van der Waals surface area contributed by atoms with Crippen LogP contribution in [0.15, 0.2) is 72.8 Å². The van der Waals surface area contributed by atoms with Gasteiger partial charge in [-0.2, -0.15) is 5.10 Å². The molecular formula is C34H34Cl2N4O4. The molecule has 0 fully saturated rings. The Morgan fingerprint density at radius 1 is 1.00 bits per heavy atom. The number of carbonyl (C=O) groups is 2. The summed E-state index contributed by atoms with van der Waals surface area (Å²) in [6.07, 6.45) is 1.47. The van der Waals surface area contributed by atoms with Gasteiger partial charge in [-0.25, -0.2) is 9.48 Å². The predicted molar refractivity (Wildman–Crippen MR) is 173 cm³/mol. The van der Waals surface area contributed by atoms with E-state index in [0.717, 1.165) is 22.4 Å². The zero-order valence-corrected chi connectivity index (χ0v) is 26.7. The second-order valence-electron chi connectivity index (χ2n) is 11.6. The topological polar surface area (TPSA) is 85.7 Å². The van der Waals surface area contributed by atoms with Crippen molar-refractivity contribution >= 4 is 46.9 Å². The van der Waals surface area contributed by atoms with Crippen LogP contribution in [0.3, 0.4) is 0 Å². The zero-order valence-electron chi connectivity index (χ0n) is 25.2. The highest BCUT2D eigenvalue weighted by Gasteiger charge is 2.35. The fourth-order valence-electron chi connectivity index (χ4n) is 5.03. The third-order valence-electron chi connectivity index (χ3n) is 7.11. The van der Waals surface area contributed by atoms with Gasteiger partial charge in [0.05, 0.1) is 42.6 Å². The minimum absolute atomic E-state index is 0.109. The van der Waals surface area contributed by atoms with Crippen LogP contribution in [0.25, 0.3) is 17.3 Å². The van der Waals surface area contributed by atoms with E-state index in [1.165, 1.54) is 0 Å². The van der Waals surface area contributed by atoms with Crippen molar-refractivity contribution in [3.63, 3.8) is 0 Å². The minimum Gasteiger partial charge on any atom is -0.497 e. The Morgan fingerprint density at radius 2 is 1.70 bits per heavy atom. The first-order valence-electron chi connectivity index (χ1n) is 14.2. The highest BCUT2D eigenvalue weighted by molar-refractivity contribution is 6.35. The maximum atomic E-state index is 13.9. The SMILES string of the molecule is COc1ccc(/C=C2\CN(C(=O)OC(C)(C)C)Cc3c(C(=O)N[C@H](C)c4ccccc4)nn(-c4ccc(Cl)cc4Cl)c32)cc1. The van der Waals surface area contributed by atoms with Crippen LogP contribution in [0.4, 0.5) is 4.79 Å². The Labute approximate surface area is 267 Å². The molecule has 1 aliphatic rings. The molecule has 0 spiro atoms. The summed E-state index contributed by atoms with van der Waals surface area (Å²) in [5, 5.41) is 8.74. The largest absolute Gasteiger partial charge is 0.497 e. The van der Waals surface area contributed by atoms with E-state index in [0.29, 0.717) is 27.0 Å². The molecule has 44 heavy (non-hydrogen) atoms. The average Bonchev–Trinajstić information content (AvgIpc) is 3.37. The smallest absolute Gasteiger partial charge is 0.410 e. The molecule has 0 aliphatic carbocycles. The molecule has 0 bridgehead atoms. The summed E-state index contributed by atoms with van der Waals surface area (Å²) in [6.45, 7) is 7.69. The summed E-state index contributed by atoms with van der Waals surface area (Å²) in [6, 6.07) is 22.1. The Kier molecular flexibility index (Phi) is 9.04. The van der Waals surface area contributed by atoms with Crippen molar-refractivity contribution in [1.29, 1.82) is 0 Å². The number of benzene rings is 3. The van der Waals surface area contributed by atoms with Crippen LogP contribution in [-0.4, -0.2) is 45.9 Å². The maximum Gasteiger partial charge on any atom is 0.410 e. The lowest BCUT2D eigenvalue weighted by Crippen LogP contribution is -2.40. The molecule has 1 aliphatic heterocycles. The molecule has 0 saturated heterocycles. The molecule has 0 unspecified atom stereocenters. The molecular weight excluding hydrogens is 599 g/mol. The highest BCUT2D eigenvalue weighted by atomic mass is 35.5. The number of nitrogens with zero attached hydrogens (tertiary/aromatic N) is 3. The summed E-state index contributed by atoms with van der Waals surface area (Å²) in [5.41, 5.74) is 3.84. The summed E-state index contributed by atoms with van der Waals surface area (Å²) >= 11 is 12.9. The van der Waals surface area contributed by atoms with Gasteiger partial charge in [0.2, 0.25) is 0 Å². The molecule has 5 rings (SSSR count). The van der Waals surface area contributed by atoms with Crippen LogP contribution >= 0.6 is 23.2 Å². The summed E-state index contributed by atoms with van der Waals surface area (Å²) < 4.78 is 12.7. The number of aromatic nitrogens is 2. The van der Waals surface area contributed by atoms with Crippen molar-refractivity contribution in [2.75, 3.05) is 13.7 Å². The molecule has 1 aromatic heterocycles. The molecule has 3 aromatic carbocycles. The first kappa shape index (κ1) is 31.2. The quantitative estimate of drug-likeness (QED) is 0.233. The molecule has 0 saturated carbocycles. The number of methoxy groups -OCH3 is 1. The van der Waals surface area contributed by atoms with Gasteiger partial charge in [-0.3, -0.25) is 9.69 Å². The van der Waals surface area contributed by atoms with Crippen molar-refractivity contribution in [3.05, 3.63) is 111 Å². The summed E-state index contributed by atoms with van der Waals surface area (Å²) in [7, 11) is 1.61. The number of rotatable bonds is 6. The van der Waals surface area contributed by atoms with Gasteiger partial charge >= 0.3 is 6.09 Å². The van der Waals surface area contributed by atoms with Crippen molar-refractivity contribution in [2.24, 2.45) is 0 Å². The number of nitrogens with one attached hydrogen (secondary N) is 1. The first-order chi connectivity index (χ1) is 20.9. The molecule has 4 aromatic rings. The molecule has 228 valence electrons. The Morgan fingerprint density at radius 3 is 2.34 bits per heavy atom. The molecule has 1 atom stereocenters. The van der Waals surface area contributed by atoms with Crippen LogP contribution in [0.1, 0.15) is 66.6 Å². The van der Waals surface area contributed by atoms with Crippen molar-refractivity contribution < 1.29 is 19.1 Å². The Hall–Kier alpha value is -4.27. The Bertz CT molecular complexity index is 1710. The van der Waals surface area contributed by atoms with E-state index in [4.69, 9.17) is 37.8 Å². The average molecular weight is 634 g/mol. The van der Waals surface area contributed by atoms with Crippen LogP contribution in [-0.2, 0) is 11.3 Å². The lowest BCUT2D eigenvalue weighted by atomic mass is 9.97. The second-order valence-corrected chi connectivity index (χ2v) is 12.4. The van der Waals surface area contributed by atoms with Gasteiger partial charge in [0.25, 0.3) is 5.91 Å². The summed E-state index contributed by atoms with van der Waals surface area (Å²) in [5.74, 6) is 0.340. The van der Waals surface area contributed by atoms with Gasteiger partial charge in [-0.15, -0.1) is 0 Å². The van der Waals surface area contributed by atoms with E-state index in [-0.39, 0.29) is 30.7 Å². The number of fused-ring (bicyclic) bond motifs is 1. The van der Waals surface area contributed by atoms with Crippen LogP contribution in [0.2, 0.25) is 10.0 Å². The van der Waals surface area contributed by atoms with E-state index in [2.05, 4.69) is 5.32 Å². The molecule has 8 nitrogen and oxygen atoms in total. The number of hydrogen-bond donors (Lipinski definition) is 1. The fraction of sp³-hybridized carbons (Fsp3) is 0.265. The lowest BCUT2D eigenvalue weighted by molar-refractivity contribution is 0.0254. The normalized spacial score (nSPS) is 14.6. The van der Waals surface area contributed by atoms with E-state index in [1.54, 1.807) is 34.9 Å². The fourth-order valence-corrected chi connectivity index (χ4v) is 5.52. The molecule has 10 heteroatoms. The number of ether oxygens (including phenoxy) is 2. The standard InChI is InChI=1S/C34H34Cl2N4O4/c1-21(23-9-7-6-8-10-23)37-32(41)30-27-20-39(33(42)44-34(2,3)4)19-24(17-22-11-14-26(43-5)15-12-22)31(27)40(38-30)29-16-13-25(35)18-28(29)36/h6-18,21H,19-20H2,1-5H3,(H,37,41)/b24-17+/t21-/m1/s1. The molecule has 2 amide bonds. The van der Waals surface area contributed by atoms with Gasteiger partial charge in [0.15, 0.2) is 5.69 Å². The lowest BCUT2D eigenvalue weighted by Gasteiger charge is -2.32. The Balaban J connectivity index is 1.67. The number of amides is 2. The zero-order chi connectivity index (χ0) is 31.6. The van der Waals surface area contributed by atoms with Crippen LogP contribution < -0.4 is 10.1 Å². The van der Waals surface area contributed by atoms with Gasteiger partial charge in [0.1, 0.15) is 11.4 Å². The predicted octanol–water partition coefficient (Wildman–Crippen LogP) is 7.97. The van der Waals surface area contributed by atoms with Crippen molar-refractivity contribution in [2.45, 2.75) is 45.9 Å². The summed E-state index contributed by atoms with van der Waals surface area (Å²) in [4.78, 5) is 28.9. The van der Waals surface area contributed by atoms with E-state index in [1.807, 2.05) is 88.4 Å².